The van der Waals surface area contributed by atoms with Crippen molar-refractivity contribution in [3.05, 3.63) is 35.9 Å². The molecule has 1 aromatic carbocycles. The van der Waals surface area contributed by atoms with Gasteiger partial charge in [0.25, 0.3) is 0 Å². The van der Waals surface area contributed by atoms with Gasteiger partial charge in [-0.1, -0.05) is 13.0 Å². The number of nitrogens with zero attached hydrogens (tertiary/aromatic N) is 3. The standard InChI is InChI=1S/C14H20N4O2/c1-4-15-8-11-5-6-12(13(7-11)19-3)20-9-14-17-16-10-18(14)2/h5-7,10,15H,4,8-9H2,1-3H3. The lowest BCUT2D eigenvalue weighted by Crippen LogP contribution is -2.11. The zero-order valence-electron chi connectivity index (χ0n) is 12.1. The first-order chi connectivity index (χ1) is 9.74. The van der Waals surface area contributed by atoms with Crippen molar-refractivity contribution >= 4 is 0 Å². The van der Waals surface area contributed by atoms with E-state index in [4.69, 9.17) is 9.47 Å². The maximum atomic E-state index is 5.74. The molecule has 0 spiro atoms. The summed E-state index contributed by atoms with van der Waals surface area (Å²) in [6.07, 6.45) is 1.65. The third-order valence-electron chi connectivity index (χ3n) is 2.97. The van der Waals surface area contributed by atoms with Crippen molar-refractivity contribution in [1.29, 1.82) is 0 Å². The molecule has 6 heteroatoms. The Bertz CT molecular complexity index is 554. The van der Waals surface area contributed by atoms with Crippen molar-refractivity contribution in [2.24, 2.45) is 7.05 Å². The Morgan fingerprint density at radius 1 is 1.30 bits per heavy atom. The summed E-state index contributed by atoms with van der Waals surface area (Å²) in [6, 6.07) is 5.92. The summed E-state index contributed by atoms with van der Waals surface area (Å²) in [4.78, 5) is 0. The normalized spacial score (nSPS) is 10.6. The maximum absolute atomic E-state index is 5.74. The van der Waals surface area contributed by atoms with Crippen molar-refractivity contribution in [3.8, 4) is 11.5 Å². The number of hydrogen-bond acceptors (Lipinski definition) is 5. The van der Waals surface area contributed by atoms with Gasteiger partial charge in [0.15, 0.2) is 17.3 Å². The molecule has 0 fully saturated rings. The third-order valence-corrected chi connectivity index (χ3v) is 2.97. The van der Waals surface area contributed by atoms with Crippen molar-refractivity contribution < 1.29 is 9.47 Å². The Morgan fingerprint density at radius 3 is 2.80 bits per heavy atom. The highest BCUT2D eigenvalue weighted by Crippen LogP contribution is 2.28. The predicted octanol–water partition coefficient (Wildman–Crippen LogP) is 1.51. The Morgan fingerprint density at radius 2 is 2.15 bits per heavy atom. The molecule has 0 saturated heterocycles. The minimum absolute atomic E-state index is 0.361. The molecule has 0 aliphatic rings. The summed E-state index contributed by atoms with van der Waals surface area (Å²) in [5.41, 5.74) is 1.16. The predicted molar refractivity (Wildman–Crippen MR) is 75.7 cm³/mol. The van der Waals surface area contributed by atoms with Crippen LogP contribution in [0.1, 0.15) is 18.3 Å². The molecule has 0 radical (unpaired) electrons. The van der Waals surface area contributed by atoms with Crippen LogP contribution in [0.25, 0.3) is 0 Å². The highest BCUT2D eigenvalue weighted by Gasteiger charge is 2.08. The molecule has 2 rings (SSSR count). The summed E-state index contributed by atoms with van der Waals surface area (Å²) in [5, 5.41) is 11.1. The highest BCUT2D eigenvalue weighted by atomic mass is 16.5. The van der Waals surface area contributed by atoms with Crippen molar-refractivity contribution in [2.45, 2.75) is 20.1 Å². The van der Waals surface area contributed by atoms with E-state index in [1.807, 2.05) is 29.8 Å². The van der Waals surface area contributed by atoms with E-state index in [9.17, 15) is 0 Å². The summed E-state index contributed by atoms with van der Waals surface area (Å²) >= 11 is 0. The van der Waals surface area contributed by atoms with Gasteiger partial charge in [0.05, 0.1) is 7.11 Å². The fraction of sp³-hybridized carbons (Fsp3) is 0.429. The second kappa shape index (κ2) is 6.91. The van der Waals surface area contributed by atoms with Crippen molar-refractivity contribution in [1.82, 2.24) is 20.1 Å². The first-order valence-electron chi connectivity index (χ1n) is 6.58. The van der Waals surface area contributed by atoms with Crippen molar-refractivity contribution in [2.75, 3.05) is 13.7 Å². The molecule has 0 atom stereocenters. The van der Waals surface area contributed by atoms with Gasteiger partial charge in [-0.2, -0.15) is 0 Å². The number of ether oxygens (including phenoxy) is 2. The molecule has 2 aromatic rings. The van der Waals surface area contributed by atoms with Gasteiger partial charge in [0, 0.05) is 13.6 Å². The summed E-state index contributed by atoms with van der Waals surface area (Å²) in [5.74, 6) is 2.20. The molecule has 0 amide bonds. The molecule has 1 N–H and O–H groups in total. The molecule has 108 valence electrons. The van der Waals surface area contributed by atoms with Gasteiger partial charge in [-0.3, -0.25) is 0 Å². The molecule has 6 nitrogen and oxygen atoms in total. The Kier molecular flexibility index (Phi) is 4.95. The van der Waals surface area contributed by atoms with Gasteiger partial charge in [0.2, 0.25) is 0 Å². The van der Waals surface area contributed by atoms with Gasteiger partial charge < -0.3 is 19.4 Å². The van der Waals surface area contributed by atoms with Crippen LogP contribution in [0.4, 0.5) is 0 Å². The first kappa shape index (κ1) is 14.3. The van der Waals surface area contributed by atoms with Gasteiger partial charge in [-0.15, -0.1) is 10.2 Å². The maximum Gasteiger partial charge on any atom is 0.170 e. The molecular weight excluding hydrogens is 256 g/mol. The molecule has 0 aliphatic heterocycles. The number of aromatic nitrogens is 3. The zero-order valence-corrected chi connectivity index (χ0v) is 12.1. The topological polar surface area (TPSA) is 61.2 Å². The van der Waals surface area contributed by atoms with Crippen LogP contribution < -0.4 is 14.8 Å². The van der Waals surface area contributed by atoms with E-state index in [0.29, 0.717) is 12.4 Å². The minimum atomic E-state index is 0.361. The van der Waals surface area contributed by atoms with Crippen molar-refractivity contribution in [3.63, 3.8) is 0 Å². The Balaban J connectivity index is 2.05. The number of aryl methyl sites for hydroxylation is 1. The largest absolute Gasteiger partial charge is 0.493 e. The first-order valence-corrected chi connectivity index (χ1v) is 6.58. The number of nitrogens with one attached hydrogen (secondary N) is 1. The number of methoxy groups -OCH3 is 1. The lowest BCUT2D eigenvalue weighted by Gasteiger charge is -2.12. The summed E-state index contributed by atoms with van der Waals surface area (Å²) in [7, 11) is 3.52. The molecule has 1 heterocycles. The second-order valence-electron chi connectivity index (χ2n) is 4.41. The fourth-order valence-corrected chi connectivity index (χ4v) is 1.79. The fourth-order valence-electron chi connectivity index (χ4n) is 1.79. The van der Waals surface area contributed by atoms with Crippen LogP contribution >= 0.6 is 0 Å². The van der Waals surface area contributed by atoms with E-state index in [-0.39, 0.29) is 0 Å². The summed E-state index contributed by atoms with van der Waals surface area (Å²) < 4.78 is 12.9. The average molecular weight is 276 g/mol. The van der Waals surface area contributed by atoms with Crippen LogP contribution in [-0.4, -0.2) is 28.4 Å². The van der Waals surface area contributed by atoms with Crippen LogP contribution in [0.2, 0.25) is 0 Å². The molecule has 20 heavy (non-hydrogen) atoms. The third kappa shape index (κ3) is 3.48. The van der Waals surface area contributed by atoms with E-state index in [1.54, 1.807) is 13.4 Å². The van der Waals surface area contributed by atoms with Crippen LogP contribution in [0, 0.1) is 0 Å². The molecule has 0 unspecified atom stereocenters. The molecule has 0 saturated carbocycles. The SMILES string of the molecule is CCNCc1ccc(OCc2nncn2C)c(OC)c1. The van der Waals surface area contributed by atoms with Crippen LogP contribution in [-0.2, 0) is 20.2 Å². The monoisotopic (exact) mass is 276 g/mol. The lowest BCUT2D eigenvalue weighted by molar-refractivity contribution is 0.272. The molecule has 0 bridgehead atoms. The Labute approximate surface area is 118 Å². The number of hydrogen-bond donors (Lipinski definition) is 1. The Hall–Kier alpha value is -2.08. The summed E-state index contributed by atoms with van der Waals surface area (Å²) in [6.45, 7) is 4.19. The number of benzene rings is 1. The van der Waals surface area contributed by atoms with Gasteiger partial charge in [0.1, 0.15) is 12.9 Å². The zero-order chi connectivity index (χ0) is 14.4. The van der Waals surface area contributed by atoms with E-state index in [0.717, 1.165) is 30.2 Å². The number of rotatable bonds is 7. The van der Waals surface area contributed by atoms with Gasteiger partial charge in [-0.25, -0.2) is 0 Å². The minimum Gasteiger partial charge on any atom is -0.493 e. The quantitative estimate of drug-likeness (QED) is 0.830. The lowest BCUT2D eigenvalue weighted by atomic mass is 10.2. The van der Waals surface area contributed by atoms with Gasteiger partial charge >= 0.3 is 0 Å². The van der Waals surface area contributed by atoms with Crippen LogP contribution in [0.15, 0.2) is 24.5 Å². The average Bonchev–Trinajstić information content (AvgIpc) is 2.88. The molecule has 1 aromatic heterocycles. The smallest absolute Gasteiger partial charge is 0.170 e. The van der Waals surface area contributed by atoms with E-state index in [2.05, 4.69) is 22.4 Å². The van der Waals surface area contributed by atoms with Crippen LogP contribution in [0.3, 0.4) is 0 Å². The van der Waals surface area contributed by atoms with E-state index < -0.39 is 0 Å². The van der Waals surface area contributed by atoms with E-state index in [1.165, 1.54) is 0 Å². The molecular formula is C14H20N4O2. The van der Waals surface area contributed by atoms with E-state index >= 15 is 0 Å². The highest BCUT2D eigenvalue weighted by molar-refractivity contribution is 5.42. The molecule has 0 aliphatic carbocycles. The second-order valence-corrected chi connectivity index (χ2v) is 4.41. The van der Waals surface area contributed by atoms with Gasteiger partial charge in [-0.05, 0) is 24.2 Å². The van der Waals surface area contributed by atoms with Crippen LogP contribution in [0.5, 0.6) is 11.5 Å².